The molecule has 150 valence electrons. The van der Waals surface area contributed by atoms with E-state index in [1.807, 2.05) is 41.4 Å². The van der Waals surface area contributed by atoms with Gasteiger partial charge in [-0.05, 0) is 17.7 Å². The Hall–Kier alpha value is -3.09. The van der Waals surface area contributed by atoms with E-state index in [9.17, 15) is 10.1 Å². The van der Waals surface area contributed by atoms with E-state index in [4.69, 9.17) is 33.0 Å². The van der Waals surface area contributed by atoms with Crippen molar-refractivity contribution in [3.8, 4) is 5.75 Å². The molecule has 6 nitrogen and oxygen atoms in total. The lowest BCUT2D eigenvalue weighted by molar-refractivity contribution is -0.385. The molecule has 0 unspecified atom stereocenters. The summed E-state index contributed by atoms with van der Waals surface area (Å²) >= 11 is 12.7. The van der Waals surface area contributed by atoms with Gasteiger partial charge in [-0.3, -0.25) is 10.1 Å². The second-order valence-corrected chi connectivity index (χ2v) is 7.98. The van der Waals surface area contributed by atoms with Crippen LogP contribution in [0.25, 0.3) is 0 Å². The predicted molar refractivity (Wildman–Crippen MR) is 115 cm³/mol. The van der Waals surface area contributed by atoms with Gasteiger partial charge in [0.25, 0.3) is 5.69 Å². The van der Waals surface area contributed by atoms with Gasteiger partial charge in [-0.2, -0.15) is 5.10 Å². The van der Waals surface area contributed by atoms with Crippen LogP contribution < -0.4 is 4.74 Å². The number of nitrogens with zero attached hydrogens (tertiary/aromatic N) is 3. The predicted octanol–water partition coefficient (Wildman–Crippen LogP) is 6.14. The molecule has 0 spiro atoms. The van der Waals surface area contributed by atoms with Crippen LogP contribution in [0.4, 0.5) is 5.69 Å². The zero-order valence-corrected chi connectivity index (χ0v) is 17.0. The minimum atomic E-state index is -0.651. The van der Waals surface area contributed by atoms with E-state index in [2.05, 4.69) is 0 Å². The molecule has 0 saturated heterocycles. The summed E-state index contributed by atoms with van der Waals surface area (Å²) in [6.45, 7) is 0. The Kier molecular flexibility index (Phi) is 4.60. The highest BCUT2D eigenvalue weighted by Gasteiger charge is 2.42. The lowest BCUT2D eigenvalue weighted by Crippen LogP contribution is -2.33. The zero-order chi connectivity index (χ0) is 20.8. The van der Waals surface area contributed by atoms with Crippen LogP contribution in [-0.2, 0) is 0 Å². The minimum absolute atomic E-state index is 0.00731. The van der Waals surface area contributed by atoms with Crippen LogP contribution in [0.1, 0.15) is 35.4 Å². The first-order chi connectivity index (χ1) is 14.5. The maximum atomic E-state index is 11.3. The highest BCUT2D eigenvalue weighted by atomic mass is 35.5. The molecule has 2 aliphatic heterocycles. The van der Waals surface area contributed by atoms with Crippen molar-refractivity contribution in [2.75, 3.05) is 0 Å². The fourth-order valence-electron chi connectivity index (χ4n) is 3.93. The van der Waals surface area contributed by atoms with E-state index >= 15 is 0 Å². The lowest BCUT2D eigenvalue weighted by Gasteiger charge is -2.38. The van der Waals surface area contributed by atoms with E-state index in [1.165, 1.54) is 12.1 Å². The summed E-state index contributed by atoms with van der Waals surface area (Å²) in [7, 11) is 0. The average Bonchev–Trinajstić information content (AvgIpc) is 3.20. The zero-order valence-electron chi connectivity index (χ0n) is 15.5. The van der Waals surface area contributed by atoms with Gasteiger partial charge in [-0.15, -0.1) is 0 Å². The van der Waals surface area contributed by atoms with Crippen LogP contribution >= 0.6 is 23.2 Å². The summed E-state index contributed by atoms with van der Waals surface area (Å²) in [5, 5.41) is 18.9. The first-order valence-corrected chi connectivity index (χ1v) is 10.1. The Bertz CT molecular complexity index is 1180. The SMILES string of the molecule is O=[N+]([O-])c1cccc([C@@H]2Oc3c(Cl)cc(Cl)cc3[C@H]3CC(c4ccccc4)=NN32)c1. The second kappa shape index (κ2) is 7.31. The molecular formula is C22H15Cl2N3O3. The smallest absolute Gasteiger partial charge is 0.269 e. The normalized spacial score (nSPS) is 19.5. The number of rotatable bonds is 3. The molecular weight excluding hydrogens is 425 g/mol. The lowest BCUT2D eigenvalue weighted by atomic mass is 9.96. The molecule has 5 rings (SSSR count). The number of hydrogen-bond donors (Lipinski definition) is 0. The number of hydrazone groups is 1. The Morgan fingerprint density at radius 3 is 2.63 bits per heavy atom. The van der Waals surface area contributed by atoms with Crippen molar-refractivity contribution in [1.82, 2.24) is 5.01 Å². The van der Waals surface area contributed by atoms with E-state index in [0.29, 0.717) is 27.8 Å². The molecule has 8 heteroatoms. The molecule has 0 bridgehead atoms. The van der Waals surface area contributed by atoms with Crippen LogP contribution in [0.3, 0.4) is 0 Å². The van der Waals surface area contributed by atoms with Crippen molar-refractivity contribution >= 4 is 34.6 Å². The average molecular weight is 440 g/mol. The molecule has 2 heterocycles. The van der Waals surface area contributed by atoms with Gasteiger partial charge in [0.15, 0.2) is 0 Å². The van der Waals surface area contributed by atoms with Crippen molar-refractivity contribution in [2.45, 2.75) is 18.7 Å². The van der Waals surface area contributed by atoms with E-state index in [0.717, 1.165) is 16.8 Å². The Labute approximate surface area is 182 Å². The van der Waals surface area contributed by atoms with Crippen LogP contribution in [0.15, 0.2) is 71.8 Å². The monoisotopic (exact) mass is 439 g/mol. The van der Waals surface area contributed by atoms with Gasteiger partial charge in [0, 0.05) is 34.7 Å². The Morgan fingerprint density at radius 1 is 1.07 bits per heavy atom. The van der Waals surface area contributed by atoms with Gasteiger partial charge < -0.3 is 4.74 Å². The van der Waals surface area contributed by atoms with Gasteiger partial charge in [-0.1, -0.05) is 65.7 Å². The van der Waals surface area contributed by atoms with Crippen molar-refractivity contribution in [3.63, 3.8) is 0 Å². The molecule has 3 aromatic rings. The Balaban J connectivity index is 1.64. The largest absolute Gasteiger partial charge is 0.463 e. The summed E-state index contributed by atoms with van der Waals surface area (Å²) < 4.78 is 6.24. The number of hydrogen-bond acceptors (Lipinski definition) is 5. The number of benzene rings is 3. The Morgan fingerprint density at radius 2 is 1.87 bits per heavy atom. The molecule has 0 N–H and O–H groups in total. The minimum Gasteiger partial charge on any atom is -0.463 e. The first-order valence-electron chi connectivity index (χ1n) is 9.32. The van der Waals surface area contributed by atoms with Crippen molar-refractivity contribution < 1.29 is 9.66 Å². The van der Waals surface area contributed by atoms with Crippen LogP contribution in [0.5, 0.6) is 5.75 Å². The number of non-ortho nitro benzene ring substituents is 1. The van der Waals surface area contributed by atoms with Gasteiger partial charge >= 0.3 is 0 Å². The van der Waals surface area contributed by atoms with E-state index in [1.54, 1.807) is 18.2 Å². The van der Waals surface area contributed by atoms with Gasteiger partial charge in [0.05, 0.1) is 21.7 Å². The quantitative estimate of drug-likeness (QED) is 0.362. The molecule has 30 heavy (non-hydrogen) atoms. The molecule has 0 radical (unpaired) electrons. The summed E-state index contributed by atoms with van der Waals surface area (Å²) in [5.74, 6) is 0.531. The third kappa shape index (κ3) is 3.18. The van der Waals surface area contributed by atoms with Crippen LogP contribution in [0, 0.1) is 10.1 Å². The topological polar surface area (TPSA) is 68.0 Å². The summed E-state index contributed by atoms with van der Waals surface area (Å²) in [6, 6.07) is 19.6. The maximum Gasteiger partial charge on any atom is 0.269 e. The molecule has 0 amide bonds. The molecule has 3 aromatic carbocycles. The van der Waals surface area contributed by atoms with E-state index < -0.39 is 11.2 Å². The van der Waals surface area contributed by atoms with Crippen molar-refractivity contribution in [2.24, 2.45) is 5.10 Å². The molecule has 0 fully saturated rings. The molecule has 0 saturated carbocycles. The molecule has 2 aliphatic rings. The highest BCUT2D eigenvalue weighted by Crippen LogP contribution is 2.50. The standard InChI is InChI=1S/C22H15Cl2N3O3/c23-15-10-17-20-12-19(13-5-2-1-3-6-13)25-26(20)22(30-21(17)18(24)11-15)14-7-4-8-16(9-14)27(28)29/h1-11,20,22H,12H2/t20-,22+/m1/s1. The number of fused-ring (bicyclic) bond motifs is 3. The van der Waals surface area contributed by atoms with Crippen LogP contribution in [0.2, 0.25) is 10.0 Å². The number of halogens is 2. The maximum absolute atomic E-state index is 11.3. The third-order valence-electron chi connectivity index (χ3n) is 5.28. The van der Waals surface area contributed by atoms with Crippen molar-refractivity contribution in [3.05, 3.63) is 104 Å². The van der Waals surface area contributed by atoms with E-state index in [-0.39, 0.29) is 11.7 Å². The number of ether oxygens (including phenoxy) is 1. The molecule has 0 aliphatic carbocycles. The number of nitro groups is 1. The fraction of sp³-hybridized carbons (Fsp3) is 0.136. The summed E-state index contributed by atoms with van der Waals surface area (Å²) in [4.78, 5) is 10.9. The van der Waals surface area contributed by atoms with Gasteiger partial charge in [0.1, 0.15) is 5.75 Å². The molecule has 0 aromatic heterocycles. The first kappa shape index (κ1) is 18.9. The number of nitro benzene ring substituents is 1. The third-order valence-corrected chi connectivity index (χ3v) is 5.78. The van der Waals surface area contributed by atoms with Gasteiger partial charge in [0.2, 0.25) is 6.23 Å². The van der Waals surface area contributed by atoms with Crippen molar-refractivity contribution in [1.29, 1.82) is 0 Å². The highest BCUT2D eigenvalue weighted by molar-refractivity contribution is 6.35. The summed E-state index contributed by atoms with van der Waals surface area (Å²) in [6.07, 6.45) is -0.00932. The molecule has 2 atom stereocenters. The second-order valence-electron chi connectivity index (χ2n) is 7.14. The summed E-state index contributed by atoms with van der Waals surface area (Å²) in [5.41, 5.74) is 3.39. The van der Waals surface area contributed by atoms with Gasteiger partial charge in [-0.25, -0.2) is 5.01 Å². The fourth-order valence-corrected chi connectivity index (χ4v) is 4.49. The van der Waals surface area contributed by atoms with Crippen LogP contribution in [-0.4, -0.2) is 15.6 Å².